The molecule has 3 atom stereocenters. The summed E-state index contributed by atoms with van der Waals surface area (Å²) >= 11 is 6.54. The molecule has 8 heteroatoms. The van der Waals surface area contributed by atoms with E-state index in [2.05, 4.69) is 15.2 Å². The van der Waals surface area contributed by atoms with Gasteiger partial charge in [0.15, 0.2) is 5.60 Å². The summed E-state index contributed by atoms with van der Waals surface area (Å²) in [4.78, 5) is 31.4. The predicted octanol–water partition coefficient (Wildman–Crippen LogP) is 4.97. The highest BCUT2D eigenvalue weighted by molar-refractivity contribution is 6.32. The molecule has 0 aliphatic carbocycles. The molecular formula is C29H31ClN4O3. The maximum absolute atomic E-state index is 13.3. The molecule has 2 aliphatic heterocycles. The number of pyridine rings is 1. The van der Waals surface area contributed by atoms with E-state index < -0.39 is 11.5 Å². The molecule has 192 valence electrons. The monoisotopic (exact) mass is 518 g/mol. The minimum Gasteiger partial charge on any atom is -0.476 e. The number of hydrogen-bond acceptors (Lipinski definition) is 5. The van der Waals surface area contributed by atoms with Crippen molar-refractivity contribution in [2.45, 2.75) is 63.3 Å². The Bertz CT molecular complexity index is 1280. The van der Waals surface area contributed by atoms with E-state index in [4.69, 9.17) is 22.1 Å². The van der Waals surface area contributed by atoms with Gasteiger partial charge in [-0.3, -0.25) is 9.59 Å². The molecule has 3 aromatic rings. The molecule has 37 heavy (non-hydrogen) atoms. The van der Waals surface area contributed by atoms with Crippen LogP contribution in [0.3, 0.4) is 0 Å². The molecule has 3 heterocycles. The van der Waals surface area contributed by atoms with Crippen LogP contribution < -0.4 is 20.7 Å². The second-order valence-electron chi connectivity index (χ2n) is 10.3. The summed E-state index contributed by atoms with van der Waals surface area (Å²) in [5, 5.41) is 3.68. The van der Waals surface area contributed by atoms with E-state index in [-0.39, 0.29) is 24.0 Å². The number of carbonyl (C=O) groups is 2. The lowest BCUT2D eigenvalue weighted by Gasteiger charge is -2.40. The van der Waals surface area contributed by atoms with Gasteiger partial charge in [-0.25, -0.2) is 4.98 Å². The molecule has 2 bridgehead atoms. The first-order valence-electron chi connectivity index (χ1n) is 12.6. The number of piperidine rings is 1. The van der Waals surface area contributed by atoms with Crippen LogP contribution in [0.5, 0.6) is 5.75 Å². The summed E-state index contributed by atoms with van der Waals surface area (Å²) in [5.74, 6) is 0.667. The van der Waals surface area contributed by atoms with Crippen LogP contribution in [0.1, 0.15) is 49.9 Å². The van der Waals surface area contributed by atoms with Crippen molar-refractivity contribution in [2.75, 3.05) is 4.90 Å². The van der Waals surface area contributed by atoms with Crippen molar-refractivity contribution in [3.63, 3.8) is 0 Å². The van der Waals surface area contributed by atoms with Crippen molar-refractivity contribution in [1.82, 2.24) is 10.3 Å². The van der Waals surface area contributed by atoms with Gasteiger partial charge in [0, 0.05) is 24.3 Å². The lowest BCUT2D eigenvalue weighted by molar-refractivity contribution is -0.135. The van der Waals surface area contributed by atoms with Gasteiger partial charge in [0.1, 0.15) is 11.6 Å². The zero-order valence-corrected chi connectivity index (χ0v) is 21.7. The second kappa shape index (κ2) is 10.1. The predicted molar refractivity (Wildman–Crippen MR) is 145 cm³/mol. The minimum absolute atomic E-state index is 0.0462. The van der Waals surface area contributed by atoms with Crippen molar-refractivity contribution in [1.29, 1.82) is 0 Å². The SMILES string of the molecule is CC(C)(Oc1ccc(-c2ccccc2)cc1Cl)C(=O)N[C@H]1C[C@H]2CC[C@@H](C1)N2c1ccc(C(N)=O)cn1. The average molecular weight is 519 g/mol. The largest absolute Gasteiger partial charge is 0.476 e. The van der Waals surface area contributed by atoms with E-state index in [0.717, 1.165) is 42.6 Å². The third kappa shape index (κ3) is 5.27. The fourth-order valence-corrected chi connectivity index (χ4v) is 5.65. The van der Waals surface area contributed by atoms with E-state index in [1.54, 1.807) is 19.9 Å². The summed E-state index contributed by atoms with van der Waals surface area (Å²) in [5.41, 5.74) is 6.70. The lowest BCUT2D eigenvalue weighted by atomic mass is 9.96. The van der Waals surface area contributed by atoms with E-state index in [9.17, 15) is 9.59 Å². The number of aromatic nitrogens is 1. The third-order valence-electron chi connectivity index (χ3n) is 7.32. The molecule has 0 radical (unpaired) electrons. The highest BCUT2D eigenvalue weighted by atomic mass is 35.5. The number of fused-ring (bicyclic) bond motifs is 2. The summed E-state index contributed by atoms with van der Waals surface area (Å²) in [6, 6.07) is 19.8. The Labute approximate surface area is 222 Å². The Morgan fingerprint density at radius 3 is 2.32 bits per heavy atom. The smallest absolute Gasteiger partial charge is 0.263 e. The second-order valence-corrected chi connectivity index (χ2v) is 10.7. The van der Waals surface area contributed by atoms with Crippen LogP contribution in [-0.2, 0) is 4.79 Å². The van der Waals surface area contributed by atoms with Crippen LogP contribution in [0.2, 0.25) is 5.02 Å². The van der Waals surface area contributed by atoms with Gasteiger partial charge >= 0.3 is 0 Å². The molecule has 2 aromatic carbocycles. The van der Waals surface area contributed by atoms with Gasteiger partial charge in [-0.15, -0.1) is 0 Å². The first-order chi connectivity index (χ1) is 17.7. The van der Waals surface area contributed by atoms with Crippen LogP contribution in [0, 0.1) is 0 Å². The van der Waals surface area contributed by atoms with Crippen LogP contribution in [0.15, 0.2) is 66.9 Å². The Morgan fingerprint density at radius 1 is 1.03 bits per heavy atom. The summed E-state index contributed by atoms with van der Waals surface area (Å²) in [6.45, 7) is 3.52. The van der Waals surface area contributed by atoms with Gasteiger partial charge in [0.05, 0.1) is 10.6 Å². The number of halogens is 1. The van der Waals surface area contributed by atoms with Crippen LogP contribution in [0.25, 0.3) is 11.1 Å². The number of rotatable bonds is 7. The molecule has 3 N–H and O–H groups in total. The van der Waals surface area contributed by atoms with Gasteiger partial charge in [-0.1, -0.05) is 48.0 Å². The molecule has 2 fully saturated rings. The molecule has 2 amide bonds. The van der Waals surface area contributed by atoms with E-state index in [0.29, 0.717) is 16.3 Å². The van der Waals surface area contributed by atoms with E-state index in [1.807, 2.05) is 54.6 Å². The molecule has 0 unspecified atom stereocenters. The number of amides is 2. The van der Waals surface area contributed by atoms with E-state index in [1.165, 1.54) is 6.20 Å². The Hall–Kier alpha value is -3.58. The normalized spacial score (nSPS) is 20.9. The number of ether oxygens (including phenoxy) is 1. The lowest BCUT2D eigenvalue weighted by Crippen LogP contribution is -2.55. The number of primary amides is 1. The molecule has 0 saturated carbocycles. The van der Waals surface area contributed by atoms with Gasteiger partial charge in [0.25, 0.3) is 5.91 Å². The number of nitrogens with two attached hydrogens (primary N) is 1. The van der Waals surface area contributed by atoms with Crippen molar-refractivity contribution >= 4 is 29.2 Å². The number of anilines is 1. The zero-order chi connectivity index (χ0) is 26.2. The third-order valence-corrected chi connectivity index (χ3v) is 7.61. The standard InChI is InChI=1S/C29H31ClN4O3/c1-29(2,37-25-12-8-19(14-24(25)30)18-6-4-3-5-7-18)28(36)33-21-15-22-10-11-23(16-21)34(22)26-13-9-20(17-32-26)27(31)35/h3-9,12-14,17,21-23H,10-11,15-16H2,1-2H3,(H2,31,35)(H,33,36)/t21-,22+,23-. The molecule has 1 aromatic heterocycles. The van der Waals surface area contributed by atoms with Crippen molar-refractivity contribution in [3.8, 4) is 16.9 Å². The molecule has 7 nitrogen and oxygen atoms in total. The molecular weight excluding hydrogens is 488 g/mol. The minimum atomic E-state index is -1.10. The highest BCUT2D eigenvalue weighted by Gasteiger charge is 2.43. The van der Waals surface area contributed by atoms with Crippen molar-refractivity contribution in [2.24, 2.45) is 5.73 Å². The van der Waals surface area contributed by atoms with Gasteiger partial charge < -0.3 is 20.7 Å². The van der Waals surface area contributed by atoms with Crippen LogP contribution >= 0.6 is 11.6 Å². The Balaban J connectivity index is 1.22. The number of nitrogens with zero attached hydrogens (tertiary/aromatic N) is 2. The van der Waals surface area contributed by atoms with Gasteiger partial charge in [-0.05, 0) is 74.9 Å². The molecule has 2 saturated heterocycles. The van der Waals surface area contributed by atoms with Gasteiger partial charge in [0.2, 0.25) is 5.91 Å². The number of hydrogen-bond donors (Lipinski definition) is 2. The first-order valence-corrected chi connectivity index (χ1v) is 13.0. The fraction of sp³-hybridized carbons (Fsp3) is 0.345. The first kappa shape index (κ1) is 25.1. The number of benzene rings is 2. The van der Waals surface area contributed by atoms with Crippen molar-refractivity contribution in [3.05, 3.63) is 77.4 Å². The zero-order valence-electron chi connectivity index (χ0n) is 21.0. The number of nitrogens with one attached hydrogen (secondary N) is 1. The molecule has 0 spiro atoms. The van der Waals surface area contributed by atoms with Crippen LogP contribution in [-0.4, -0.2) is 40.5 Å². The molecule has 2 aliphatic rings. The van der Waals surface area contributed by atoms with Gasteiger partial charge in [-0.2, -0.15) is 0 Å². The summed E-state index contributed by atoms with van der Waals surface area (Å²) < 4.78 is 6.11. The van der Waals surface area contributed by atoms with Crippen molar-refractivity contribution < 1.29 is 14.3 Å². The van der Waals surface area contributed by atoms with Crippen LogP contribution in [0.4, 0.5) is 5.82 Å². The van der Waals surface area contributed by atoms with E-state index >= 15 is 0 Å². The number of carbonyl (C=O) groups excluding carboxylic acids is 2. The summed E-state index contributed by atoms with van der Waals surface area (Å²) in [6.07, 6.45) is 5.26. The Kier molecular flexibility index (Phi) is 6.82. The fourth-order valence-electron chi connectivity index (χ4n) is 5.43. The quantitative estimate of drug-likeness (QED) is 0.460. The highest BCUT2D eigenvalue weighted by Crippen LogP contribution is 2.39. The maximum atomic E-state index is 13.3. The summed E-state index contributed by atoms with van der Waals surface area (Å²) in [7, 11) is 0. The Morgan fingerprint density at radius 2 is 1.73 bits per heavy atom. The average Bonchev–Trinajstić information content (AvgIpc) is 3.15. The maximum Gasteiger partial charge on any atom is 0.263 e. The topological polar surface area (TPSA) is 97.5 Å². The molecule has 5 rings (SSSR count).